The molecule has 1 heterocycles. The first-order valence-electron chi connectivity index (χ1n) is 10.2. The van der Waals surface area contributed by atoms with Gasteiger partial charge in [-0.05, 0) is 41.3 Å². The third kappa shape index (κ3) is 4.86. The molecular weight excluding hydrogens is 365 g/mol. The normalized spacial score (nSPS) is 15.0. The second kappa shape index (κ2) is 9.25. The van der Waals surface area contributed by atoms with Crippen molar-refractivity contribution in [2.45, 2.75) is 6.54 Å². The monoisotopic (exact) mass is 393 g/mol. The van der Waals surface area contributed by atoms with Gasteiger partial charge in [-0.15, -0.1) is 0 Å². The van der Waals surface area contributed by atoms with E-state index in [-0.39, 0.29) is 5.82 Å². The van der Waals surface area contributed by atoms with E-state index < -0.39 is 0 Å². The molecule has 0 amide bonds. The van der Waals surface area contributed by atoms with E-state index in [1.807, 2.05) is 18.2 Å². The summed E-state index contributed by atoms with van der Waals surface area (Å²) in [6, 6.07) is 19.5. The van der Waals surface area contributed by atoms with Gasteiger partial charge >= 0.3 is 0 Å². The van der Waals surface area contributed by atoms with Gasteiger partial charge in [-0.1, -0.05) is 30.3 Å². The summed E-state index contributed by atoms with van der Waals surface area (Å²) in [5.74, 6) is 0.715. The molecule has 0 bridgehead atoms. The molecule has 1 aliphatic heterocycles. The summed E-state index contributed by atoms with van der Waals surface area (Å²) in [5.41, 5.74) is 2.40. The summed E-state index contributed by atoms with van der Waals surface area (Å²) in [5, 5.41) is 5.95. The van der Waals surface area contributed by atoms with E-state index in [2.05, 4.69) is 45.4 Å². The highest BCUT2D eigenvalue weighted by molar-refractivity contribution is 5.95. The molecule has 5 heteroatoms. The van der Waals surface area contributed by atoms with Crippen LogP contribution in [0.1, 0.15) is 5.56 Å². The van der Waals surface area contributed by atoms with E-state index in [4.69, 9.17) is 4.74 Å². The van der Waals surface area contributed by atoms with Gasteiger partial charge in [0.2, 0.25) is 0 Å². The Balaban J connectivity index is 1.28. The zero-order chi connectivity index (χ0) is 20.1. The van der Waals surface area contributed by atoms with Crippen molar-refractivity contribution in [1.29, 1.82) is 0 Å². The van der Waals surface area contributed by atoms with Crippen LogP contribution in [0.3, 0.4) is 0 Å². The average Bonchev–Trinajstić information content (AvgIpc) is 2.77. The lowest BCUT2D eigenvalue weighted by atomic mass is 10.1. The predicted octanol–water partition coefficient (Wildman–Crippen LogP) is 3.90. The lowest BCUT2D eigenvalue weighted by Crippen LogP contribution is -2.48. The van der Waals surface area contributed by atoms with Crippen molar-refractivity contribution in [2.24, 2.45) is 0 Å². The van der Waals surface area contributed by atoms with Gasteiger partial charge in [0.25, 0.3) is 0 Å². The van der Waals surface area contributed by atoms with Gasteiger partial charge in [-0.2, -0.15) is 0 Å². The summed E-state index contributed by atoms with van der Waals surface area (Å²) in [7, 11) is 1.71. The molecule has 1 N–H and O–H groups in total. The molecule has 4 rings (SSSR count). The fraction of sp³-hybridized carbons (Fsp3) is 0.333. The van der Waals surface area contributed by atoms with Crippen LogP contribution in [0, 0.1) is 5.82 Å². The van der Waals surface area contributed by atoms with Crippen LogP contribution >= 0.6 is 0 Å². The molecular formula is C24H28FN3O. The third-order valence-corrected chi connectivity index (χ3v) is 5.63. The van der Waals surface area contributed by atoms with E-state index in [1.165, 1.54) is 28.6 Å². The Bertz CT molecular complexity index is 937. The van der Waals surface area contributed by atoms with Gasteiger partial charge < -0.3 is 15.0 Å². The first-order valence-corrected chi connectivity index (χ1v) is 10.2. The number of hydrogen-bond acceptors (Lipinski definition) is 4. The molecule has 1 aliphatic rings. The SMILES string of the molecule is COc1ccc2cccc(N3CCN(CCNCc4ccc(F)cc4)CC3)c2c1. The summed E-state index contributed by atoms with van der Waals surface area (Å²) >= 11 is 0. The van der Waals surface area contributed by atoms with Gasteiger partial charge in [-0.25, -0.2) is 4.39 Å². The molecule has 0 spiro atoms. The van der Waals surface area contributed by atoms with Gasteiger partial charge in [0, 0.05) is 56.9 Å². The molecule has 4 nitrogen and oxygen atoms in total. The number of ether oxygens (including phenoxy) is 1. The second-order valence-corrected chi connectivity index (χ2v) is 7.50. The van der Waals surface area contributed by atoms with Crippen LogP contribution in [0.15, 0.2) is 60.7 Å². The van der Waals surface area contributed by atoms with Gasteiger partial charge in [0.15, 0.2) is 0 Å². The molecule has 0 unspecified atom stereocenters. The van der Waals surface area contributed by atoms with E-state index in [1.54, 1.807) is 7.11 Å². The first-order chi connectivity index (χ1) is 14.2. The maximum atomic E-state index is 13.0. The average molecular weight is 394 g/mol. The minimum absolute atomic E-state index is 0.184. The molecule has 0 atom stereocenters. The van der Waals surface area contributed by atoms with Gasteiger partial charge in [-0.3, -0.25) is 4.90 Å². The Morgan fingerprint density at radius 1 is 0.966 bits per heavy atom. The van der Waals surface area contributed by atoms with E-state index in [0.717, 1.165) is 57.1 Å². The summed E-state index contributed by atoms with van der Waals surface area (Å²) in [4.78, 5) is 4.98. The highest BCUT2D eigenvalue weighted by atomic mass is 19.1. The maximum Gasteiger partial charge on any atom is 0.123 e. The number of nitrogens with zero attached hydrogens (tertiary/aromatic N) is 2. The fourth-order valence-corrected chi connectivity index (χ4v) is 3.92. The predicted molar refractivity (Wildman–Crippen MR) is 117 cm³/mol. The maximum absolute atomic E-state index is 13.0. The minimum atomic E-state index is -0.184. The zero-order valence-electron chi connectivity index (χ0n) is 16.9. The van der Waals surface area contributed by atoms with Crippen molar-refractivity contribution < 1.29 is 9.13 Å². The van der Waals surface area contributed by atoms with Crippen LogP contribution in [-0.2, 0) is 6.54 Å². The lowest BCUT2D eigenvalue weighted by Gasteiger charge is -2.36. The lowest BCUT2D eigenvalue weighted by molar-refractivity contribution is 0.257. The summed E-state index contributed by atoms with van der Waals surface area (Å²) in [6.45, 7) is 6.89. The van der Waals surface area contributed by atoms with E-state index in [9.17, 15) is 4.39 Å². The van der Waals surface area contributed by atoms with Crippen LogP contribution in [0.25, 0.3) is 10.8 Å². The van der Waals surface area contributed by atoms with E-state index >= 15 is 0 Å². The first kappa shape index (κ1) is 19.7. The highest BCUT2D eigenvalue weighted by Crippen LogP contribution is 2.30. The Kier molecular flexibility index (Phi) is 6.27. The number of hydrogen-bond donors (Lipinski definition) is 1. The number of anilines is 1. The largest absolute Gasteiger partial charge is 0.497 e. The quantitative estimate of drug-likeness (QED) is 0.616. The molecule has 0 saturated carbocycles. The van der Waals surface area contributed by atoms with E-state index in [0.29, 0.717) is 0 Å². The van der Waals surface area contributed by atoms with Crippen molar-refractivity contribution in [3.05, 3.63) is 72.0 Å². The third-order valence-electron chi connectivity index (χ3n) is 5.63. The molecule has 0 radical (unpaired) electrons. The molecule has 0 aromatic heterocycles. The number of nitrogens with one attached hydrogen (secondary N) is 1. The molecule has 29 heavy (non-hydrogen) atoms. The van der Waals surface area contributed by atoms with Gasteiger partial charge in [0.1, 0.15) is 11.6 Å². The molecule has 1 saturated heterocycles. The Hall–Kier alpha value is -2.63. The van der Waals surface area contributed by atoms with Crippen molar-refractivity contribution in [3.8, 4) is 5.75 Å². The minimum Gasteiger partial charge on any atom is -0.497 e. The van der Waals surface area contributed by atoms with Crippen LogP contribution in [-0.4, -0.2) is 51.3 Å². The van der Waals surface area contributed by atoms with Crippen LogP contribution in [0.4, 0.5) is 10.1 Å². The second-order valence-electron chi connectivity index (χ2n) is 7.50. The molecule has 0 aliphatic carbocycles. The van der Waals surface area contributed by atoms with Crippen LogP contribution < -0.4 is 15.0 Å². The Morgan fingerprint density at radius 2 is 1.76 bits per heavy atom. The van der Waals surface area contributed by atoms with Gasteiger partial charge in [0.05, 0.1) is 7.11 Å². The number of benzene rings is 3. The Morgan fingerprint density at radius 3 is 2.52 bits per heavy atom. The topological polar surface area (TPSA) is 27.7 Å². The van der Waals surface area contributed by atoms with Crippen LogP contribution in [0.2, 0.25) is 0 Å². The van der Waals surface area contributed by atoms with Crippen LogP contribution in [0.5, 0.6) is 5.75 Å². The smallest absolute Gasteiger partial charge is 0.123 e. The Labute approximate surface area is 171 Å². The van der Waals surface area contributed by atoms with Crippen molar-refractivity contribution in [3.63, 3.8) is 0 Å². The summed E-state index contributed by atoms with van der Waals surface area (Å²) in [6.07, 6.45) is 0. The summed E-state index contributed by atoms with van der Waals surface area (Å²) < 4.78 is 18.4. The molecule has 3 aromatic carbocycles. The molecule has 152 valence electrons. The molecule has 3 aromatic rings. The zero-order valence-corrected chi connectivity index (χ0v) is 16.9. The van der Waals surface area contributed by atoms with Crippen molar-refractivity contribution >= 4 is 16.5 Å². The molecule has 1 fully saturated rings. The highest BCUT2D eigenvalue weighted by Gasteiger charge is 2.18. The van der Waals surface area contributed by atoms with Crippen molar-refractivity contribution in [1.82, 2.24) is 10.2 Å². The number of piperazine rings is 1. The number of methoxy groups -OCH3 is 1. The number of rotatable bonds is 7. The van der Waals surface area contributed by atoms with Crippen molar-refractivity contribution in [2.75, 3.05) is 51.3 Å². The number of halogens is 1. The standard InChI is InChI=1S/C24H28FN3O/c1-29-22-10-7-20-3-2-4-24(23(20)17-22)28-15-13-27(14-16-28)12-11-26-18-19-5-8-21(25)9-6-19/h2-10,17,26H,11-16,18H2,1H3. The number of fused-ring (bicyclic) bond motifs is 1. The fourth-order valence-electron chi connectivity index (χ4n) is 3.92.